The molecule has 3 aromatic carbocycles. The lowest BCUT2D eigenvalue weighted by molar-refractivity contribution is -0.137. The minimum absolute atomic E-state index is 0.00624. The standard InChI is InChI=1S/C24H19F3O2/c1-16-17(9-6-10-21(16)18-7-4-3-5-8-18)11-12-19-14-23(29-2)20(15-28)13-22(19)24(25,26)27/h3-15H,1-2H3/b12-11+/i3D,4D,5D,7D,8D. The van der Waals surface area contributed by atoms with Gasteiger partial charge in [-0.05, 0) is 46.9 Å². The molecule has 0 saturated carbocycles. The van der Waals surface area contributed by atoms with E-state index in [-0.39, 0.29) is 40.8 Å². The third-order valence-corrected chi connectivity index (χ3v) is 4.42. The maximum absolute atomic E-state index is 13.6. The van der Waals surface area contributed by atoms with Crippen molar-refractivity contribution in [2.24, 2.45) is 0 Å². The Hall–Kier alpha value is -3.34. The van der Waals surface area contributed by atoms with Crippen LogP contribution >= 0.6 is 0 Å². The predicted octanol–water partition coefficient (Wildman–Crippen LogP) is 6.67. The van der Waals surface area contributed by atoms with Crippen molar-refractivity contribution in [3.8, 4) is 16.9 Å². The minimum Gasteiger partial charge on any atom is -0.496 e. The second-order valence-corrected chi connectivity index (χ2v) is 6.15. The van der Waals surface area contributed by atoms with Crippen molar-refractivity contribution in [2.75, 3.05) is 7.11 Å². The second-order valence-electron chi connectivity index (χ2n) is 6.15. The van der Waals surface area contributed by atoms with Crippen molar-refractivity contribution in [3.63, 3.8) is 0 Å². The van der Waals surface area contributed by atoms with Crippen LogP contribution < -0.4 is 4.74 Å². The molecule has 0 aromatic heterocycles. The Balaban J connectivity index is 2.18. The summed E-state index contributed by atoms with van der Waals surface area (Å²) in [6, 6.07) is 4.44. The molecule has 0 atom stereocenters. The van der Waals surface area contributed by atoms with Gasteiger partial charge < -0.3 is 4.74 Å². The lowest BCUT2D eigenvalue weighted by Gasteiger charge is -2.14. The second kappa shape index (κ2) is 8.35. The van der Waals surface area contributed by atoms with Crippen molar-refractivity contribution in [1.82, 2.24) is 0 Å². The maximum Gasteiger partial charge on any atom is 0.417 e. The van der Waals surface area contributed by atoms with E-state index in [1.54, 1.807) is 25.1 Å². The summed E-state index contributed by atoms with van der Waals surface area (Å²) < 4.78 is 85.8. The van der Waals surface area contributed by atoms with E-state index in [1.165, 1.54) is 19.3 Å². The smallest absolute Gasteiger partial charge is 0.417 e. The van der Waals surface area contributed by atoms with E-state index in [0.29, 0.717) is 16.7 Å². The van der Waals surface area contributed by atoms with Gasteiger partial charge in [-0.2, -0.15) is 13.2 Å². The molecule has 0 unspecified atom stereocenters. The van der Waals surface area contributed by atoms with Crippen LogP contribution in [0.2, 0.25) is 0 Å². The first-order valence-electron chi connectivity index (χ1n) is 11.0. The van der Waals surface area contributed by atoms with E-state index in [2.05, 4.69) is 0 Å². The van der Waals surface area contributed by atoms with E-state index in [9.17, 15) is 18.0 Å². The molecule has 148 valence electrons. The largest absolute Gasteiger partial charge is 0.496 e. The van der Waals surface area contributed by atoms with Crippen LogP contribution in [0.1, 0.15) is 39.5 Å². The molecule has 0 aliphatic rings. The van der Waals surface area contributed by atoms with Crippen LogP contribution in [-0.2, 0) is 6.18 Å². The zero-order valence-corrected chi connectivity index (χ0v) is 15.6. The molecule has 0 aliphatic heterocycles. The Bertz CT molecular complexity index is 1290. The van der Waals surface area contributed by atoms with E-state index < -0.39 is 29.9 Å². The normalized spacial score (nSPS) is 14.0. The number of halogens is 3. The number of benzene rings is 3. The molecule has 0 radical (unpaired) electrons. The van der Waals surface area contributed by atoms with Gasteiger partial charge in [0.05, 0.1) is 25.1 Å². The number of carbonyl (C=O) groups is 1. The number of methoxy groups -OCH3 is 1. The summed E-state index contributed by atoms with van der Waals surface area (Å²) >= 11 is 0. The molecule has 0 fully saturated rings. The van der Waals surface area contributed by atoms with Gasteiger partial charge in [0.15, 0.2) is 6.29 Å². The molecule has 0 heterocycles. The zero-order chi connectivity index (χ0) is 25.4. The van der Waals surface area contributed by atoms with E-state index in [4.69, 9.17) is 11.6 Å². The van der Waals surface area contributed by atoms with Gasteiger partial charge in [0.25, 0.3) is 0 Å². The fraction of sp³-hybridized carbons (Fsp3) is 0.125. The Morgan fingerprint density at radius 1 is 1.00 bits per heavy atom. The molecule has 0 aliphatic carbocycles. The van der Waals surface area contributed by atoms with Crippen LogP contribution in [0.3, 0.4) is 0 Å². The monoisotopic (exact) mass is 401 g/mol. The highest BCUT2D eigenvalue weighted by Gasteiger charge is 2.34. The Morgan fingerprint density at radius 3 is 2.31 bits per heavy atom. The van der Waals surface area contributed by atoms with Crippen molar-refractivity contribution in [2.45, 2.75) is 13.1 Å². The van der Waals surface area contributed by atoms with Gasteiger partial charge in [-0.15, -0.1) is 0 Å². The first-order chi connectivity index (χ1) is 15.9. The average molecular weight is 401 g/mol. The Kier molecular flexibility index (Phi) is 4.21. The Labute approximate surface area is 174 Å². The number of carbonyl (C=O) groups excluding carboxylic acids is 1. The Morgan fingerprint density at radius 2 is 1.69 bits per heavy atom. The molecular weight excluding hydrogens is 377 g/mol. The zero-order valence-electron chi connectivity index (χ0n) is 20.6. The highest BCUT2D eigenvalue weighted by Crippen LogP contribution is 2.36. The molecule has 3 rings (SSSR count). The number of rotatable bonds is 5. The fourth-order valence-corrected chi connectivity index (χ4v) is 2.93. The summed E-state index contributed by atoms with van der Waals surface area (Å²) in [5.74, 6) is -0.00717. The van der Waals surface area contributed by atoms with Gasteiger partial charge in [0.2, 0.25) is 0 Å². The quantitative estimate of drug-likeness (QED) is 0.352. The maximum atomic E-state index is 13.6. The number of ether oxygens (including phenoxy) is 1. The third-order valence-electron chi connectivity index (χ3n) is 4.42. The molecule has 0 saturated heterocycles. The number of hydrogen-bond donors (Lipinski definition) is 0. The average Bonchev–Trinajstić information content (AvgIpc) is 2.80. The summed E-state index contributed by atoms with van der Waals surface area (Å²) in [4.78, 5) is 11.2. The van der Waals surface area contributed by atoms with E-state index >= 15 is 0 Å². The fourth-order valence-electron chi connectivity index (χ4n) is 2.93. The van der Waals surface area contributed by atoms with Gasteiger partial charge in [0.1, 0.15) is 5.75 Å². The van der Waals surface area contributed by atoms with Crippen LogP contribution in [0.25, 0.3) is 23.3 Å². The molecule has 0 amide bonds. The lowest BCUT2D eigenvalue weighted by Crippen LogP contribution is -2.09. The number of aldehydes is 1. The first-order valence-corrected chi connectivity index (χ1v) is 8.51. The third kappa shape index (κ3) is 4.40. The van der Waals surface area contributed by atoms with Crippen molar-refractivity contribution in [3.05, 3.63) is 88.4 Å². The molecular formula is C24H19F3O2. The summed E-state index contributed by atoms with van der Waals surface area (Å²) in [5.41, 5.74) is -0.0889. The van der Waals surface area contributed by atoms with Crippen LogP contribution in [-0.4, -0.2) is 13.4 Å². The predicted molar refractivity (Wildman–Crippen MR) is 109 cm³/mol. The van der Waals surface area contributed by atoms with E-state index in [1.807, 2.05) is 0 Å². The SMILES string of the molecule is [2H]c1c([2H])c([2H])c(-c2cccc(/C=C/c3cc(OC)c(C=O)cc3C(F)(F)F)c2C)c([2H])c1[2H]. The lowest BCUT2D eigenvalue weighted by atomic mass is 9.95. The molecule has 0 bridgehead atoms. The summed E-state index contributed by atoms with van der Waals surface area (Å²) in [5, 5.41) is 0. The van der Waals surface area contributed by atoms with Crippen LogP contribution in [0, 0.1) is 6.92 Å². The minimum atomic E-state index is -4.71. The van der Waals surface area contributed by atoms with Gasteiger partial charge in [-0.3, -0.25) is 4.79 Å². The summed E-state index contributed by atoms with van der Waals surface area (Å²) in [6.45, 7) is 1.65. The topological polar surface area (TPSA) is 26.3 Å². The van der Waals surface area contributed by atoms with Crippen LogP contribution in [0.5, 0.6) is 5.75 Å². The van der Waals surface area contributed by atoms with Crippen LogP contribution in [0.15, 0.2) is 60.5 Å². The highest BCUT2D eigenvalue weighted by molar-refractivity contribution is 5.83. The molecule has 0 N–H and O–H groups in total. The summed E-state index contributed by atoms with van der Waals surface area (Å²) in [7, 11) is 1.25. The van der Waals surface area contributed by atoms with Gasteiger partial charge in [-0.1, -0.05) is 60.6 Å². The summed E-state index contributed by atoms with van der Waals surface area (Å²) in [6.07, 6.45) is -1.77. The van der Waals surface area contributed by atoms with Crippen molar-refractivity contribution in [1.29, 1.82) is 0 Å². The number of alkyl halides is 3. The molecule has 2 nitrogen and oxygen atoms in total. The van der Waals surface area contributed by atoms with Gasteiger partial charge >= 0.3 is 6.18 Å². The number of hydrogen-bond acceptors (Lipinski definition) is 2. The van der Waals surface area contributed by atoms with Crippen LogP contribution in [0.4, 0.5) is 13.2 Å². The van der Waals surface area contributed by atoms with Crippen molar-refractivity contribution < 1.29 is 29.6 Å². The highest BCUT2D eigenvalue weighted by atomic mass is 19.4. The molecule has 5 heteroatoms. The van der Waals surface area contributed by atoms with E-state index in [0.717, 1.165) is 12.1 Å². The van der Waals surface area contributed by atoms with Crippen molar-refractivity contribution >= 4 is 18.4 Å². The first kappa shape index (κ1) is 14.6. The molecule has 29 heavy (non-hydrogen) atoms. The van der Waals surface area contributed by atoms with Gasteiger partial charge in [-0.25, -0.2) is 0 Å². The van der Waals surface area contributed by atoms with Gasteiger partial charge in [0, 0.05) is 0 Å². The molecule has 3 aromatic rings. The molecule has 0 spiro atoms.